The Balaban J connectivity index is 1.60. The van der Waals surface area contributed by atoms with Crippen molar-refractivity contribution in [3.63, 3.8) is 0 Å². The van der Waals surface area contributed by atoms with Crippen molar-refractivity contribution in [2.75, 3.05) is 6.26 Å². The highest BCUT2D eigenvalue weighted by atomic mass is 32.2. The number of furan rings is 1. The maximum absolute atomic E-state index is 12.3. The number of hydrogen-bond acceptors (Lipinski definition) is 5. The van der Waals surface area contributed by atoms with Gasteiger partial charge in [0.05, 0.1) is 5.69 Å². The van der Waals surface area contributed by atoms with Gasteiger partial charge in [-0.2, -0.15) is 0 Å². The normalized spacial score (nSPS) is 10.8. The molecule has 0 bridgehead atoms. The van der Waals surface area contributed by atoms with E-state index in [1.807, 2.05) is 50.4 Å². The van der Waals surface area contributed by atoms with E-state index in [1.54, 1.807) is 17.8 Å². The Hall–Kier alpha value is -2.47. The Morgan fingerprint density at radius 3 is 2.56 bits per heavy atom. The molecular formula is C19H20N2O3S. The van der Waals surface area contributed by atoms with Crippen LogP contribution in [0.5, 0.6) is 0 Å². The summed E-state index contributed by atoms with van der Waals surface area (Å²) in [6, 6.07) is 11.6. The lowest BCUT2D eigenvalue weighted by Crippen LogP contribution is -2.22. The molecule has 2 aromatic heterocycles. The zero-order valence-electron chi connectivity index (χ0n) is 14.5. The van der Waals surface area contributed by atoms with Crippen LogP contribution in [0.3, 0.4) is 0 Å². The first-order valence-corrected chi connectivity index (χ1v) is 9.21. The Kier molecular flexibility index (Phi) is 5.28. The highest BCUT2D eigenvalue weighted by Gasteiger charge is 2.15. The van der Waals surface area contributed by atoms with Crippen LogP contribution < -0.4 is 5.32 Å². The van der Waals surface area contributed by atoms with Crippen LogP contribution in [0.1, 0.15) is 38.9 Å². The van der Waals surface area contributed by atoms with Crippen LogP contribution >= 0.6 is 11.8 Å². The van der Waals surface area contributed by atoms with Gasteiger partial charge in [0, 0.05) is 23.4 Å². The molecule has 3 aromatic rings. The molecule has 25 heavy (non-hydrogen) atoms. The van der Waals surface area contributed by atoms with Crippen LogP contribution in [-0.2, 0) is 13.0 Å². The lowest BCUT2D eigenvalue weighted by molar-refractivity contribution is 0.0921. The number of nitrogens with zero attached hydrogens (tertiary/aromatic N) is 1. The maximum atomic E-state index is 12.3. The quantitative estimate of drug-likeness (QED) is 0.673. The fraction of sp³-hybridized carbons (Fsp3) is 0.263. The van der Waals surface area contributed by atoms with E-state index >= 15 is 0 Å². The molecule has 1 aromatic carbocycles. The van der Waals surface area contributed by atoms with Gasteiger partial charge in [0.1, 0.15) is 11.5 Å². The Bertz CT molecular complexity index is 846. The highest BCUT2D eigenvalue weighted by molar-refractivity contribution is 7.98. The first-order valence-electron chi connectivity index (χ1n) is 7.98. The standard InChI is InChI=1S/C19H20N2O3S/c1-12-17(13(2)24-21-12)10-15-6-9-18(23-15)19(22)20-11-14-4-7-16(25-3)8-5-14/h4-9H,10-11H2,1-3H3,(H,20,22). The average molecular weight is 356 g/mol. The molecule has 5 nitrogen and oxygen atoms in total. The van der Waals surface area contributed by atoms with Crippen molar-refractivity contribution in [3.8, 4) is 0 Å². The molecule has 0 saturated carbocycles. The van der Waals surface area contributed by atoms with Gasteiger partial charge in [0.25, 0.3) is 5.91 Å². The molecule has 0 unspecified atom stereocenters. The van der Waals surface area contributed by atoms with E-state index in [-0.39, 0.29) is 5.91 Å². The SMILES string of the molecule is CSc1ccc(CNC(=O)c2ccc(Cc3c(C)noc3C)o2)cc1. The molecule has 0 aliphatic carbocycles. The third-order valence-electron chi connectivity index (χ3n) is 4.03. The van der Waals surface area contributed by atoms with Gasteiger partial charge in [0.15, 0.2) is 5.76 Å². The van der Waals surface area contributed by atoms with E-state index in [9.17, 15) is 4.79 Å². The number of rotatable bonds is 6. The molecule has 6 heteroatoms. The van der Waals surface area contributed by atoms with Crippen LogP contribution in [0.2, 0.25) is 0 Å². The Morgan fingerprint density at radius 2 is 1.92 bits per heavy atom. The van der Waals surface area contributed by atoms with Crippen molar-refractivity contribution in [3.05, 3.63) is 70.5 Å². The summed E-state index contributed by atoms with van der Waals surface area (Å²) in [5, 5.41) is 6.81. The number of benzene rings is 1. The summed E-state index contributed by atoms with van der Waals surface area (Å²) >= 11 is 1.69. The van der Waals surface area contributed by atoms with E-state index in [1.165, 1.54) is 4.90 Å². The number of carbonyl (C=O) groups excluding carboxylic acids is 1. The van der Waals surface area contributed by atoms with Crippen molar-refractivity contribution in [1.29, 1.82) is 0 Å². The van der Waals surface area contributed by atoms with E-state index in [0.29, 0.717) is 24.5 Å². The maximum Gasteiger partial charge on any atom is 0.287 e. The van der Waals surface area contributed by atoms with E-state index < -0.39 is 0 Å². The number of aryl methyl sites for hydroxylation is 2. The number of amides is 1. The van der Waals surface area contributed by atoms with Gasteiger partial charge in [-0.05, 0) is 49.9 Å². The summed E-state index contributed by atoms with van der Waals surface area (Å²) in [5.41, 5.74) is 2.89. The van der Waals surface area contributed by atoms with Crippen LogP contribution in [0.15, 0.2) is 50.2 Å². The molecule has 0 aliphatic rings. The minimum absolute atomic E-state index is 0.223. The number of carbonyl (C=O) groups is 1. The first-order chi connectivity index (χ1) is 12.1. The van der Waals surface area contributed by atoms with Crippen LogP contribution in [0.4, 0.5) is 0 Å². The van der Waals surface area contributed by atoms with Crippen molar-refractivity contribution >= 4 is 17.7 Å². The first kappa shape index (κ1) is 17.4. The summed E-state index contributed by atoms with van der Waals surface area (Å²) in [5.74, 6) is 1.57. The second-order valence-corrected chi connectivity index (χ2v) is 6.66. The zero-order valence-corrected chi connectivity index (χ0v) is 15.3. The van der Waals surface area contributed by atoms with Crippen LogP contribution in [-0.4, -0.2) is 17.3 Å². The van der Waals surface area contributed by atoms with Gasteiger partial charge in [-0.1, -0.05) is 17.3 Å². The van der Waals surface area contributed by atoms with Crippen molar-refractivity contribution in [2.24, 2.45) is 0 Å². The average Bonchev–Trinajstić information content (AvgIpc) is 3.22. The third kappa shape index (κ3) is 4.14. The molecule has 0 spiro atoms. The predicted octanol–water partition coefficient (Wildman–Crippen LogP) is 4.13. The Morgan fingerprint density at radius 1 is 1.16 bits per heavy atom. The summed E-state index contributed by atoms with van der Waals surface area (Å²) in [7, 11) is 0. The number of thioether (sulfide) groups is 1. The summed E-state index contributed by atoms with van der Waals surface area (Å²) in [6.45, 7) is 4.23. The molecule has 1 N–H and O–H groups in total. The molecule has 3 rings (SSSR count). The van der Waals surface area contributed by atoms with E-state index in [2.05, 4.69) is 10.5 Å². The predicted molar refractivity (Wildman–Crippen MR) is 96.9 cm³/mol. The van der Waals surface area contributed by atoms with Gasteiger partial charge in [-0.15, -0.1) is 11.8 Å². The molecule has 0 atom stereocenters. The second-order valence-electron chi connectivity index (χ2n) is 5.78. The minimum Gasteiger partial charge on any atom is -0.456 e. The number of hydrogen-bond donors (Lipinski definition) is 1. The summed E-state index contributed by atoms with van der Waals surface area (Å²) in [4.78, 5) is 13.5. The molecular weight excluding hydrogens is 336 g/mol. The van der Waals surface area contributed by atoms with Crippen molar-refractivity contribution in [2.45, 2.75) is 31.7 Å². The van der Waals surface area contributed by atoms with Crippen LogP contribution in [0, 0.1) is 13.8 Å². The largest absolute Gasteiger partial charge is 0.456 e. The lowest BCUT2D eigenvalue weighted by Gasteiger charge is -2.04. The monoisotopic (exact) mass is 356 g/mol. The van der Waals surface area contributed by atoms with Crippen molar-refractivity contribution in [1.82, 2.24) is 10.5 Å². The van der Waals surface area contributed by atoms with Gasteiger partial charge in [-0.3, -0.25) is 4.79 Å². The smallest absolute Gasteiger partial charge is 0.287 e. The fourth-order valence-electron chi connectivity index (χ4n) is 2.54. The van der Waals surface area contributed by atoms with Crippen LogP contribution in [0.25, 0.3) is 0 Å². The molecule has 130 valence electrons. The van der Waals surface area contributed by atoms with E-state index in [0.717, 1.165) is 22.6 Å². The second kappa shape index (κ2) is 7.61. The number of aromatic nitrogens is 1. The summed E-state index contributed by atoms with van der Waals surface area (Å²) in [6.07, 6.45) is 2.60. The van der Waals surface area contributed by atoms with Gasteiger partial charge < -0.3 is 14.3 Å². The molecule has 0 fully saturated rings. The molecule has 1 amide bonds. The van der Waals surface area contributed by atoms with Crippen molar-refractivity contribution < 1.29 is 13.7 Å². The minimum atomic E-state index is -0.223. The molecule has 2 heterocycles. The van der Waals surface area contributed by atoms with Gasteiger partial charge >= 0.3 is 0 Å². The molecule has 0 saturated heterocycles. The fourth-order valence-corrected chi connectivity index (χ4v) is 2.94. The van der Waals surface area contributed by atoms with Gasteiger partial charge in [-0.25, -0.2) is 0 Å². The molecule has 0 aliphatic heterocycles. The lowest BCUT2D eigenvalue weighted by atomic mass is 10.1. The van der Waals surface area contributed by atoms with E-state index in [4.69, 9.17) is 8.94 Å². The molecule has 0 radical (unpaired) electrons. The van der Waals surface area contributed by atoms with Gasteiger partial charge in [0.2, 0.25) is 0 Å². The summed E-state index contributed by atoms with van der Waals surface area (Å²) < 4.78 is 10.8. The zero-order chi connectivity index (χ0) is 17.8. The Labute approximate surface area is 150 Å². The highest BCUT2D eigenvalue weighted by Crippen LogP contribution is 2.19. The third-order valence-corrected chi connectivity index (χ3v) is 4.77. The topological polar surface area (TPSA) is 68.3 Å². The number of nitrogens with one attached hydrogen (secondary N) is 1.